The molecule has 0 spiro atoms. The number of ether oxygens (including phenoxy) is 1. The number of carbonyl (C=O) groups excluding carboxylic acids is 1. The molecule has 0 aliphatic heterocycles. The van der Waals surface area contributed by atoms with Crippen LogP contribution in [0.2, 0.25) is 0 Å². The van der Waals surface area contributed by atoms with Gasteiger partial charge in [0.15, 0.2) is 0 Å². The van der Waals surface area contributed by atoms with E-state index in [4.69, 9.17) is 10.5 Å². The van der Waals surface area contributed by atoms with Crippen LogP contribution in [0.25, 0.3) is 0 Å². The van der Waals surface area contributed by atoms with Gasteiger partial charge >= 0.3 is 5.97 Å². The summed E-state index contributed by atoms with van der Waals surface area (Å²) in [6, 6.07) is 7.14. The van der Waals surface area contributed by atoms with Gasteiger partial charge in [0, 0.05) is 12.7 Å². The van der Waals surface area contributed by atoms with Crippen LogP contribution in [0.1, 0.15) is 34.2 Å². The second-order valence-electron chi connectivity index (χ2n) is 4.81. The summed E-state index contributed by atoms with van der Waals surface area (Å²) in [7, 11) is 1.84. The molecule has 0 amide bonds. The van der Waals surface area contributed by atoms with Crippen molar-refractivity contribution in [3.05, 3.63) is 46.8 Å². The lowest BCUT2D eigenvalue weighted by molar-refractivity contribution is 0.0463. The van der Waals surface area contributed by atoms with Crippen LogP contribution in [-0.4, -0.2) is 15.7 Å². The Morgan fingerprint density at radius 2 is 2.10 bits per heavy atom. The largest absolute Gasteiger partial charge is 0.456 e. The van der Waals surface area contributed by atoms with Gasteiger partial charge in [0.1, 0.15) is 6.61 Å². The van der Waals surface area contributed by atoms with E-state index in [1.807, 2.05) is 33.0 Å². The van der Waals surface area contributed by atoms with E-state index in [0.717, 1.165) is 23.4 Å². The molecular formula is C15H19N3O2. The Morgan fingerprint density at radius 3 is 2.70 bits per heavy atom. The van der Waals surface area contributed by atoms with Crippen LogP contribution < -0.4 is 5.73 Å². The average molecular weight is 273 g/mol. The van der Waals surface area contributed by atoms with Crippen molar-refractivity contribution in [3.8, 4) is 0 Å². The molecule has 2 N–H and O–H groups in total. The zero-order valence-electron chi connectivity index (χ0n) is 12.0. The van der Waals surface area contributed by atoms with Crippen molar-refractivity contribution in [1.82, 2.24) is 9.78 Å². The van der Waals surface area contributed by atoms with Gasteiger partial charge in [-0.1, -0.05) is 6.92 Å². The first-order valence-corrected chi connectivity index (χ1v) is 6.55. The predicted octanol–water partition coefficient (Wildman–Crippen LogP) is 2.23. The maximum atomic E-state index is 12.0. The third-order valence-corrected chi connectivity index (χ3v) is 3.08. The molecule has 0 aliphatic carbocycles. The lowest BCUT2D eigenvalue weighted by Gasteiger charge is -2.06. The summed E-state index contributed by atoms with van der Waals surface area (Å²) in [6.45, 7) is 4.13. The van der Waals surface area contributed by atoms with Crippen LogP contribution in [0.3, 0.4) is 0 Å². The molecule has 1 aromatic carbocycles. The molecule has 0 unspecified atom stereocenters. The molecular weight excluding hydrogens is 254 g/mol. The first kappa shape index (κ1) is 14.1. The van der Waals surface area contributed by atoms with Crippen molar-refractivity contribution in [2.24, 2.45) is 7.05 Å². The number of carbonyl (C=O) groups is 1. The van der Waals surface area contributed by atoms with Crippen LogP contribution in [0, 0.1) is 6.92 Å². The van der Waals surface area contributed by atoms with Crippen molar-refractivity contribution in [3.63, 3.8) is 0 Å². The number of nitrogen functional groups attached to an aromatic ring is 1. The van der Waals surface area contributed by atoms with Crippen LogP contribution in [-0.2, 0) is 24.8 Å². The van der Waals surface area contributed by atoms with E-state index in [2.05, 4.69) is 5.10 Å². The Balaban J connectivity index is 2.06. The normalized spacial score (nSPS) is 10.6. The Hall–Kier alpha value is -2.30. The van der Waals surface area contributed by atoms with Gasteiger partial charge in [-0.15, -0.1) is 0 Å². The molecule has 2 rings (SSSR count). The highest BCUT2D eigenvalue weighted by atomic mass is 16.5. The maximum absolute atomic E-state index is 12.0. The Bertz CT molecular complexity index is 612. The molecule has 106 valence electrons. The summed E-state index contributed by atoms with van der Waals surface area (Å²) in [5.74, 6) is -0.375. The second kappa shape index (κ2) is 5.77. The third-order valence-electron chi connectivity index (χ3n) is 3.08. The van der Waals surface area contributed by atoms with Crippen LogP contribution in [0.4, 0.5) is 5.69 Å². The molecule has 0 atom stereocenters. The summed E-state index contributed by atoms with van der Waals surface area (Å²) >= 11 is 0. The van der Waals surface area contributed by atoms with Crippen LogP contribution >= 0.6 is 0 Å². The number of anilines is 1. The molecule has 20 heavy (non-hydrogen) atoms. The number of benzene rings is 1. The molecule has 2 aromatic rings. The molecule has 5 heteroatoms. The molecule has 5 nitrogen and oxygen atoms in total. The average Bonchev–Trinajstić information content (AvgIpc) is 2.75. The first-order valence-electron chi connectivity index (χ1n) is 6.55. The molecule has 0 radical (unpaired) electrons. The van der Waals surface area contributed by atoms with Gasteiger partial charge in [0.05, 0.1) is 17.0 Å². The zero-order valence-corrected chi connectivity index (χ0v) is 12.0. The van der Waals surface area contributed by atoms with Crippen molar-refractivity contribution < 1.29 is 9.53 Å². The molecule has 0 fully saturated rings. The second-order valence-corrected chi connectivity index (χ2v) is 4.81. The summed E-state index contributed by atoms with van der Waals surface area (Å²) in [4.78, 5) is 12.0. The van der Waals surface area contributed by atoms with Gasteiger partial charge in [-0.3, -0.25) is 4.68 Å². The summed E-state index contributed by atoms with van der Waals surface area (Å²) in [6.07, 6.45) is 0.857. The zero-order chi connectivity index (χ0) is 14.7. The highest BCUT2D eigenvalue weighted by Crippen LogP contribution is 2.13. The third kappa shape index (κ3) is 3.17. The fourth-order valence-electron chi connectivity index (χ4n) is 2.03. The summed E-state index contributed by atoms with van der Waals surface area (Å²) < 4.78 is 7.04. The minimum atomic E-state index is -0.375. The van der Waals surface area contributed by atoms with Crippen LogP contribution in [0.5, 0.6) is 0 Å². The maximum Gasteiger partial charge on any atom is 0.338 e. The monoisotopic (exact) mass is 273 g/mol. The van der Waals surface area contributed by atoms with E-state index in [1.54, 1.807) is 16.8 Å². The van der Waals surface area contributed by atoms with Gasteiger partial charge in [-0.25, -0.2) is 4.79 Å². The predicted molar refractivity (Wildman–Crippen MR) is 77.3 cm³/mol. The number of aryl methyl sites for hydroxylation is 3. The quantitative estimate of drug-likeness (QED) is 0.685. The minimum Gasteiger partial charge on any atom is -0.456 e. The molecule has 1 heterocycles. The van der Waals surface area contributed by atoms with Crippen molar-refractivity contribution in [1.29, 1.82) is 0 Å². The Morgan fingerprint density at radius 1 is 1.35 bits per heavy atom. The number of rotatable bonds is 4. The SMILES string of the molecule is CCc1cc(COC(=O)c2cc(C)cc(N)c2)n(C)n1. The summed E-state index contributed by atoms with van der Waals surface area (Å²) in [5, 5.41) is 4.31. The van der Waals surface area contributed by atoms with Crippen molar-refractivity contribution >= 4 is 11.7 Å². The lowest BCUT2D eigenvalue weighted by atomic mass is 10.1. The van der Waals surface area contributed by atoms with Gasteiger partial charge in [0.2, 0.25) is 0 Å². The van der Waals surface area contributed by atoms with Crippen molar-refractivity contribution in [2.45, 2.75) is 26.9 Å². The van der Waals surface area contributed by atoms with Crippen LogP contribution in [0.15, 0.2) is 24.3 Å². The number of aromatic nitrogens is 2. The highest BCUT2D eigenvalue weighted by molar-refractivity contribution is 5.90. The van der Waals surface area contributed by atoms with Gasteiger partial charge < -0.3 is 10.5 Å². The number of hydrogen-bond acceptors (Lipinski definition) is 4. The number of esters is 1. The van der Waals surface area contributed by atoms with E-state index in [0.29, 0.717) is 11.3 Å². The number of nitrogens with two attached hydrogens (primary N) is 1. The van der Waals surface area contributed by atoms with E-state index in [1.165, 1.54) is 0 Å². The Labute approximate surface area is 118 Å². The highest BCUT2D eigenvalue weighted by Gasteiger charge is 2.11. The standard InChI is InChI=1S/C15H19N3O2/c1-4-13-8-14(18(3)17-13)9-20-15(19)11-5-10(2)6-12(16)7-11/h5-8H,4,9,16H2,1-3H3. The number of nitrogens with zero attached hydrogens (tertiary/aromatic N) is 2. The van der Waals surface area contributed by atoms with Gasteiger partial charge in [-0.05, 0) is 43.2 Å². The van der Waals surface area contributed by atoms with Gasteiger partial charge in [0.25, 0.3) is 0 Å². The molecule has 0 saturated heterocycles. The molecule has 0 aliphatic rings. The Kier molecular flexibility index (Phi) is 4.08. The molecule has 0 saturated carbocycles. The summed E-state index contributed by atoms with van der Waals surface area (Å²) in [5.41, 5.74) is 9.55. The fraction of sp³-hybridized carbons (Fsp3) is 0.333. The molecule has 1 aromatic heterocycles. The number of hydrogen-bond donors (Lipinski definition) is 1. The van der Waals surface area contributed by atoms with E-state index in [-0.39, 0.29) is 12.6 Å². The van der Waals surface area contributed by atoms with E-state index < -0.39 is 0 Å². The molecule has 0 bridgehead atoms. The first-order chi connectivity index (χ1) is 9.49. The minimum absolute atomic E-state index is 0.205. The smallest absolute Gasteiger partial charge is 0.338 e. The van der Waals surface area contributed by atoms with Gasteiger partial charge in [-0.2, -0.15) is 5.10 Å². The van der Waals surface area contributed by atoms with E-state index >= 15 is 0 Å². The lowest BCUT2D eigenvalue weighted by Crippen LogP contribution is -2.08. The topological polar surface area (TPSA) is 70.1 Å². The van der Waals surface area contributed by atoms with E-state index in [9.17, 15) is 4.79 Å². The van der Waals surface area contributed by atoms with Crippen molar-refractivity contribution in [2.75, 3.05) is 5.73 Å². The fourth-order valence-corrected chi connectivity index (χ4v) is 2.03.